The first-order valence-corrected chi connectivity index (χ1v) is 5.91. The third-order valence-corrected chi connectivity index (χ3v) is 2.74. The van der Waals surface area contributed by atoms with Crippen molar-refractivity contribution >= 4 is 23.0 Å². The summed E-state index contributed by atoms with van der Waals surface area (Å²) in [5.74, 6) is 1.02. The fourth-order valence-corrected chi connectivity index (χ4v) is 1.45. The first-order chi connectivity index (χ1) is 9.03. The zero-order valence-electron chi connectivity index (χ0n) is 11.3. The van der Waals surface area contributed by atoms with Crippen molar-refractivity contribution in [1.82, 2.24) is 10.7 Å². The number of hydrogen-bond acceptors (Lipinski definition) is 5. The van der Waals surface area contributed by atoms with Crippen molar-refractivity contribution in [3.63, 3.8) is 0 Å². The molecule has 0 aliphatic carbocycles. The quantitative estimate of drug-likeness (QED) is 0.438. The van der Waals surface area contributed by atoms with E-state index >= 15 is 0 Å². The Morgan fingerprint density at radius 1 is 1.26 bits per heavy atom. The Morgan fingerprint density at radius 3 is 2.37 bits per heavy atom. The predicted octanol–water partition coefficient (Wildman–Crippen LogP) is 1.23. The van der Waals surface area contributed by atoms with Crippen LogP contribution in [-0.4, -0.2) is 37.2 Å². The molecule has 0 unspecified atom stereocenters. The maximum absolute atomic E-state index is 9.94. The molecule has 0 atom stereocenters. The standard InChI is InChI=1S/C12H17N3O3S/c1-7(14-15-12(19)13-2)8-5-10(17-3)11(18-4)6-9(8)16/h5-6,16H,1-4H3,(H2,13,15,19)/b14-7+. The minimum Gasteiger partial charge on any atom is -0.507 e. The summed E-state index contributed by atoms with van der Waals surface area (Å²) in [6.45, 7) is 1.74. The topological polar surface area (TPSA) is 75.1 Å². The SMILES string of the molecule is CNC(=S)N/N=C(\C)c1cc(OC)c(OC)cc1O. The molecule has 0 saturated carbocycles. The molecule has 0 bridgehead atoms. The molecule has 0 amide bonds. The van der Waals surface area contributed by atoms with Gasteiger partial charge in [0.2, 0.25) is 0 Å². The van der Waals surface area contributed by atoms with Crippen LogP contribution in [0.15, 0.2) is 17.2 Å². The summed E-state index contributed by atoms with van der Waals surface area (Å²) < 4.78 is 10.3. The van der Waals surface area contributed by atoms with E-state index < -0.39 is 0 Å². The first-order valence-electron chi connectivity index (χ1n) is 5.50. The van der Waals surface area contributed by atoms with Crippen molar-refractivity contribution in [3.8, 4) is 17.2 Å². The van der Waals surface area contributed by atoms with Gasteiger partial charge in [-0.25, -0.2) is 0 Å². The molecule has 104 valence electrons. The van der Waals surface area contributed by atoms with E-state index in [9.17, 15) is 5.11 Å². The number of ether oxygens (including phenoxy) is 2. The summed E-state index contributed by atoms with van der Waals surface area (Å²) in [4.78, 5) is 0. The summed E-state index contributed by atoms with van der Waals surface area (Å²) in [6, 6.07) is 3.13. The van der Waals surface area contributed by atoms with Crippen molar-refractivity contribution in [3.05, 3.63) is 17.7 Å². The molecular weight excluding hydrogens is 266 g/mol. The number of rotatable bonds is 4. The molecule has 3 N–H and O–H groups in total. The van der Waals surface area contributed by atoms with Crippen molar-refractivity contribution in [1.29, 1.82) is 0 Å². The molecule has 7 heteroatoms. The van der Waals surface area contributed by atoms with Crippen molar-refractivity contribution in [2.45, 2.75) is 6.92 Å². The van der Waals surface area contributed by atoms with Gasteiger partial charge in [-0.1, -0.05) is 0 Å². The Balaban J connectivity index is 3.09. The van der Waals surface area contributed by atoms with Crippen LogP contribution in [0.4, 0.5) is 0 Å². The van der Waals surface area contributed by atoms with Crippen LogP contribution in [0.1, 0.15) is 12.5 Å². The van der Waals surface area contributed by atoms with Gasteiger partial charge in [0.05, 0.1) is 19.9 Å². The van der Waals surface area contributed by atoms with Gasteiger partial charge in [0, 0.05) is 18.7 Å². The number of nitrogens with one attached hydrogen (secondary N) is 2. The Kier molecular flexibility index (Phi) is 5.37. The van der Waals surface area contributed by atoms with Gasteiger partial charge in [-0.2, -0.15) is 5.10 Å². The molecule has 0 spiro atoms. The van der Waals surface area contributed by atoms with E-state index in [1.54, 1.807) is 20.0 Å². The van der Waals surface area contributed by atoms with Gasteiger partial charge in [0.25, 0.3) is 0 Å². The van der Waals surface area contributed by atoms with E-state index in [4.69, 9.17) is 21.7 Å². The second-order valence-electron chi connectivity index (χ2n) is 3.61. The van der Waals surface area contributed by atoms with Crippen molar-refractivity contribution < 1.29 is 14.6 Å². The van der Waals surface area contributed by atoms with Gasteiger partial charge in [0.1, 0.15) is 5.75 Å². The summed E-state index contributed by atoms with van der Waals surface area (Å²) in [7, 11) is 4.72. The maximum Gasteiger partial charge on any atom is 0.186 e. The van der Waals surface area contributed by atoms with Crippen LogP contribution in [0.5, 0.6) is 17.2 Å². The van der Waals surface area contributed by atoms with Crippen LogP contribution in [0.3, 0.4) is 0 Å². The highest BCUT2D eigenvalue weighted by atomic mass is 32.1. The second-order valence-corrected chi connectivity index (χ2v) is 4.02. The van der Waals surface area contributed by atoms with Gasteiger partial charge in [-0.05, 0) is 25.2 Å². The van der Waals surface area contributed by atoms with Crippen LogP contribution in [-0.2, 0) is 0 Å². The number of phenols is 1. The van der Waals surface area contributed by atoms with E-state index in [0.29, 0.717) is 27.9 Å². The van der Waals surface area contributed by atoms with E-state index in [0.717, 1.165) is 0 Å². The number of hydrogen-bond donors (Lipinski definition) is 3. The van der Waals surface area contributed by atoms with E-state index in [1.165, 1.54) is 20.3 Å². The van der Waals surface area contributed by atoms with Crippen molar-refractivity contribution in [2.75, 3.05) is 21.3 Å². The van der Waals surface area contributed by atoms with Gasteiger partial charge >= 0.3 is 0 Å². The highest BCUT2D eigenvalue weighted by Crippen LogP contribution is 2.34. The minimum atomic E-state index is 0.0519. The Bertz CT molecular complexity index is 503. The number of thiocarbonyl (C=S) groups is 1. The lowest BCUT2D eigenvalue weighted by Crippen LogP contribution is -2.29. The maximum atomic E-state index is 9.94. The summed E-state index contributed by atoms with van der Waals surface area (Å²) >= 11 is 4.91. The highest BCUT2D eigenvalue weighted by molar-refractivity contribution is 7.80. The molecule has 0 aliphatic heterocycles. The number of hydrazone groups is 1. The van der Waals surface area contributed by atoms with Crippen LogP contribution in [0.2, 0.25) is 0 Å². The number of phenolic OH excluding ortho intramolecular Hbond substituents is 1. The smallest absolute Gasteiger partial charge is 0.186 e. The monoisotopic (exact) mass is 283 g/mol. The normalized spacial score (nSPS) is 10.8. The molecule has 1 aromatic carbocycles. The molecule has 0 radical (unpaired) electrons. The predicted molar refractivity (Wildman–Crippen MR) is 78.2 cm³/mol. The highest BCUT2D eigenvalue weighted by Gasteiger charge is 2.12. The van der Waals surface area contributed by atoms with E-state index in [-0.39, 0.29) is 5.75 Å². The summed E-state index contributed by atoms with van der Waals surface area (Å²) in [5, 5.41) is 17.1. The lowest BCUT2D eigenvalue weighted by Gasteiger charge is -2.11. The number of methoxy groups -OCH3 is 2. The molecule has 0 aliphatic rings. The second kappa shape index (κ2) is 6.79. The molecule has 1 aromatic rings. The zero-order chi connectivity index (χ0) is 14.4. The third kappa shape index (κ3) is 3.72. The van der Waals surface area contributed by atoms with Crippen LogP contribution < -0.4 is 20.2 Å². The molecule has 0 heterocycles. The molecule has 19 heavy (non-hydrogen) atoms. The number of benzene rings is 1. The first kappa shape index (κ1) is 15.0. The largest absolute Gasteiger partial charge is 0.507 e. The molecule has 0 fully saturated rings. The van der Waals surface area contributed by atoms with Crippen LogP contribution in [0.25, 0.3) is 0 Å². The molecule has 1 rings (SSSR count). The number of aromatic hydroxyl groups is 1. The molecule has 0 saturated heterocycles. The zero-order valence-corrected chi connectivity index (χ0v) is 12.1. The average molecular weight is 283 g/mol. The fourth-order valence-electron chi connectivity index (χ4n) is 1.41. The Hall–Kier alpha value is -2.02. The number of nitrogens with zero attached hydrogens (tertiary/aromatic N) is 1. The van der Waals surface area contributed by atoms with Gasteiger partial charge < -0.3 is 19.9 Å². The van der Waals surface area contributed by atoms with Crippen LogP contribution in [0, 0.1) is 0 Å². The molecule has 6 nitrogen and oxygen atoms in total. The lowest BCUT2D eigenvalue weighted by molar-refractivity contribution is 0.351. The van der Waals surface area contributed by atoms with Gasteiger partial charge in [-0.15, -0.1) is 0 Å². The molecule has 0 aromatic heterocycles. The summed E-state index contributed by atoms with van der Waals surface area (Å²) in [6.07, 6.45) is 0. The average Bonchev–Trinajstić information content (AvgIpc) is 2.43. The Morgan fingerprint density at radius 2 is 1.84 bits per heavy atom. The van der Waals surface area contributed by atoms with Gasteiger partial charge in [0.15, 0.2) is 16.6 Å². The van der Waals surface area contributed by atoms with Crippen molar-refractivity contribution in [2.24, 2.45) is 5.10 Å². The van der Waals surface area contributed by atoms with E-state index in [1.807, 2.05) is 0 Å². The fraction of sp³-hybridized carbons (Fsp3) is 0.333. The molecular formula is C12H17N3O3S. The summed E-state index contributed by atoms with van der Waals surface area (Å²) in [5.41, 5.74) is 3.75. The van der Waals surface area contributed by atoms with Crippen LogP contribution >= 0.6 is 12.2 Å². The Labute approximate surface area is 117 Å². The van der Waals surface area contributed by atoms with E-state index in [2.05, 4.69) is 15.8 Å². The third-order valence-electron chi connectivity index (χ3n) is 2.44. The lowest BCUT2D eigenvalue weighted by atomic mass is 10.1. The van der Waals surface area contributed by atoms with Gasteiger partial charge in [-0.3, -0.25) is 5.43 Å². The minimum absolute atomic E-state index is 0.0519.